The fourth-order valence-corrected chi connectivity index (χ4v) is 2.33. The average molecular weight is 255 g/mol. The third-order valence-corrected chi connectivity index (χ3v) is 3.87. The first-order chi connectivity index (χ1) is 8.06. The van der Waals surface area contributed by atoms with Crippen molar-refractivity contribution in [1.29, 1.82) is 0 Å². The van der Waals surface area contributed by atoms with E-state index in [4.69, 9.17) is 16.3 Å². The maximum atomic E-state index is 13.1. The van der Waals surface area contributed by atoms with Gasteiger partial charge in [-0.3, -0.25) is 0 Å². The maximum Gasteiger partial charge on any atom is 0.123 e. The van der Waals surface area contributed by atoms with Crippen LogP contribution in [0.2, 0.25) is 0 Å². The summed E-state index contributed by atoms with van der Waals surface area (Å²) < 4.78 is 18.9. The van der Waals surface area contributed by atoms with E-state index in [0.717, 1.165) is 24.2 Å². The molecular formula is C14H16ClFO. The molecule has 2 unspecified atom stereocenters. The van der Waals surface area contributed by atoms with Crippen molar-refractivity contribution in [2.45, 2.75) is 25.9 Å². The number of hydrogen-bond acceptors (Lipinski definition) is 1. The van der Waals surface area contributed by atoms with Crippen LogP contribution in [0.3, 0.4) is 0 Å². The Morgan fingerprint density at radius 1 is 1.65 bits per heavy atom. The number of alkyl halides is 1. The Kier molecular flexibility index (Phi) is 3.43. The van der Waals surface area contributed by atoms with Gasteiger partial charge in [-0.05, 0) is 24.6 Å². The number of rotatable bonds is 4. The van der Waals surface area contributed by atoms with Crippen molar-refractivity contribution in [3.05, 3.63) is 42.2 Å². The van der Waals surface area contributed by atoms with E-state index in [2.05, 4.69) is 13.5 Å². The van der Waals surface area contributed by atoms with Gasteiger partial charge in [0, 0.05) is 23.3 Å². The molecule has 0 spiro atoms. The molecule has 1 nitrogen and oxygen atoms in total. The number of hydrogen-bond donors (Lipinski definition) is 0. The van der Waals surface area contributed by atoms with E-state index >= 15 is 0 Å². The van der Waals surface area contributed by atoms with Gasteiger partial charge >= 0.3 is 0 Å². The minimum atomic E-state index is -0.211. The minimum Gasteiger partial charge on any atom is -0.490 e. The largest absolute Gasteiger partial charge is 0.490 e. The highest BCUT2D eigenvalue weighted by molar-refractivity contribution is 6.18. The predicted octanol–water partition coefficient (Wildman–Crippen LogP) is 3.95. The SMILES string of the molecule is C=CC(C)(CCl)CC1Cc2cc(F)ccc2O1. The van der Waals surface area contributed by atoms with E-state index in [0.29, 0.717) is 5.88 Å². The van der Waals surface area contributed by atoms with E-state index in [-0.39, 0.29) is 17.3 Å². The van der Waals surface area contributed by atoms with E-state index < -0.39 is 0 Å². The molecule has 0 saturated heterocycles. The predicted molar refractivity (Wildman–Crippen MR) is 68.2 cm³/mol. The number of halogens is 2. The van der Waals surface area contributed by atoms with Crippen LogP contribution in [0, 0.1) is 11.2 Å². The molecule has 0 saturated carbocycles. The minimum absolute atomic E-state index is 0.0635. The normalized spacial score (nSPS) is 21.5. The maximum absolute atomic E-state index is 13.1. The summed E-state index contributed by atoms with van der Waals surface area (Å²) in [4.78, 5) is 0. The van der Waals surface area contributed by atoms with Crippen LogP contribution in [-0.4, -0.2) is 12.0 Å². The van der Waals surface area contributed by atoms with Crippen molar-refractivity contribution in [2.24, 2.45) is 5.41 Å². The summed E-state index contributed by atoms with van der Waals surface area (Å²) >= 11 is 5.94. The first-order valence-electron chi connectivity index (χ1n) is 5.71. The lowest BCUT2D eigenvalue weighted by Crippen LogP contribution is -2.26. The molecule has 0 fully saturated rings. The van der Waals surface area contributed by atoms with Crippen LogP contribution in [0.5, 0.6) is 5.75 Å². The van der Waals surface area contributed by atoms with Crippen molar-refractivity contribution in [2.75, 3.05) is 5.88 Å². The summed E-state index contributed by atoms with van der Waals surface area (Å²) in [6.45, 7) is 5.86. The molecule has 2 atom stereocenters. The Hall–Kier alpha value is -1.02. The highest BCUT2D eigenvalue weighted by Gasteiger charge is 2.30. The molecule has 1 aromatic rings. The lowest BCUT2D eigenvalue weighted by Gasteiger charge is -2.25. The molecule has 1 aliphatic heterocycles. The standard InChI is InChI=1S/C14H16ClFO/c1-3-14(2,9-15)8-12-7-10-6-11(16)4-5-13(10)17-12/h3-6,12H,1,7-9H2,2H3. The molecule has 1 heterocycles. The summed E-state index contributed by atoms with van der Waals surface area (Å²) in [6, 6.07) is 4.66. The van der Waals surface area contributed by atoms with Gasteiger partial charge in [-0.1, -0.05) is 13.0 Å². The van der Waals surface area contributed by atoms with Gasteiger partial charge in [0.25, 0.3) is 0 Å². The number of fused-ring (bicyclic) bond motifs is 1. The molecular weight excluding hydrogens is 239 g/mol. The van der Waals surface area contributed by atoms with Crippen LogP contribution < -0.4 is 4.74 Å². The Balaban J connectivity index is 2.08. The Morgan fingerprint density at radius 3 is 3.06 bits per heavy atom. The molecule has 1 aliphatic rings. The Bertz CT molecular complexity index is 432. The van der Waals surface area contributed by atoms with Crippen molar-refractivity contribution in [3.63, 3.8) is 0 Å². The summed E-state index contributed by atoms with van der Waals surface area (Å²) in [5, 5.41) is 0. The zero-order chi connectivity index (χ0) is 12.5. The first-order valence-corrected chi connectivity index (χ1v) is 6.24. The van der Waals surface area contributed by atoms with E-state index in [9.17, 15) is 4.39 Å². The fraction of sp³-hybridized carbons (Fsp3) is 0.429. The van der Waals surface area contributed by atoms with E-state index in [1.54, 1.807) is 12.1 Å². The molecule has 0 bridgehead atoms. The van der Waals surface area contributed by atoms with Gasteiger partial charge in [-0.15, -0.1) is 18.2 Å². The Morgan fingerprint density at radius 2 is 2.41 bits per heavy atom. The Labute approximate surface area is 106 Å². The molecule has 0 N–H and O–H groups in total. The van der Waals surface area contributed by atoms with E-state index in [1.807, 2.05) is 6.08 Å². The van der Waals surface area contributed by atoms with Gasteiger partial charge in [0.05, 0.1) is 0 Å². The van der Waals surface area contributed by atoms with Gasteiger partial charge in [-0.25, -0.2) is 4.39 Å². The zero-order valence-electron chi connectivity index (χ0n) is 9.88. The lowest BCUT2D eigenvalue weighted by atomic mass is 9.85. The second-order valence-corrected chi connectivity index (χ2v) is 5.16. The summed E-state index contributed by atoms with van der Waals surface area (Å²) in [5.41, 5.74) is 0.809. The van der Waals surface area contributed by atoms with Crippen molar-refractivity contribution in [3.8, 4) is 5.75 Å². The van der Waals surface area contributed by atoms with E-state index in [1.165, 1.54) is 6.07 Å². The number of benzene rings is 1. The number of ether oxygens (including phenoxy) is 1. The molecule has 0 amide bonds. The first kappa shape index (κ1) is 12.4. The highest BCUT2D eigenvalue weighted by atomic mass is 35.5. The van der Waals surface area contributed by atoms with Crippen molar-refractivity contribution in [1.82, 2.24) is 0 Å². The van der Waals surface area contributed by atoms with Gasteiger partial charge in [0.15, 0.2) is 0 Å². The smallest absolute Gasteiger partial charge is 0.123 e. The highest BCUT2D eigenvalue weighted by Crippen LogP contribution is 2.35. The molecule has 3 heteroatoms. The summed E-state index contributed by atoms with van der Waals surface area (Å²) in [5.74, 6) is 1.09. The van der Waals surface area contributed by atoms with Crippen LogP contribution >= 0.6 is 11.6 Å². The summed E-state index contributed by atoms with van der Waals surface area (Å²) in [6.07, 6.45) is 3.48. The second kappa shape index (κ2) is 4.69. The molecule has 0 aromatic heterocycles. The molecule has 0 aliphatic carbocycles. The quantitative estimate of drug-likeness (QED) is 0.584. The zero-order valence-corrected chi connectivity index (χ0v) is 10.6. The van der Waals surface area contributed by atoms with Gasteiger partial charge < -0.3 is 4.74 Å². The van der Waals surface area contributed by atoms with Crippen LogP contribution in [0.4, 0.5) is 4.39 Å². The van der Waals surface area contributed by atoms with Crippen LogP contribution in [0.1, 0.15) is 18.9 Å². The van der Waals surface area contributed by atoms with Crippen LogP contribution in [0.15, 0.2) is 30.9 Å². The molecule has 1 aromatic carbocycles. The number of allylic oxidation sites excluding steroid dienone is 1. The van der Waals surface area contributed by atoms with Crippen molar-refractivity contribution < 1.29 is 9.13 Å². The second-order valence-electron chi connectivity index (χ2n) is 4.89. The molecule has 17 heavy (non-hydrogen) atoms. The van der Waals surface area contributed by atoms with Crippen molar-refractivity contribution >= 4 is 11.6 Å². The van der Waals surface area contributed by atoms with Gasteiger partial charge in [0.2, 0.25) is 0 Å². The third-order valence-electron chi connectivity index (χ3n) is 3.26. The molecule has 92 valence electrons. The molecule has 2 rings (SSSR count). The van der Waals surface area contributed by atoms with Crippen LogP contribution in [0.25, 0.3) is 0 Å². The molecule has 0 radical (unpaired) electrons. The topological polar surface area (TPSA) is 9.23 Å². The third kappa shape index (κ3) is 2.63. The summed E-state index contributed by atoms with van der Waals surface area (Å²) in [7, 11) is 0. The van der Waals surface area contributed by atoms with Gasteiger partial charge in [0.1, 0.15) is 17.7 Å². The monoisotopic (exact) mass is 254 g/mol. The van der Waals surface area contributed by atoms with Gasteiger partial charge in [-0.2, -0.15) is 0 Å². The average Bonchev–Trinajstić information content (AvgIpc) is 2.70. The lowest BCUT2D eigenvalue weighted by molar-refractivity contribution is 0.181. The fourth-order valence-electron chi connectivity index (χ4n) is 2.12. The van der Waals surface area contributed by atoms with Crippen LogP contribution in [-0.2, 0) is 6.42 Å².